The summed E-state index contributed by atoms with van der Waals surface area (Å²) in [5, 5.41) is 3.27. The standard InChI is InChI=1S/C30H31N3O3S/c1-5-15-31-28(35)24-13-14-25-26(17-24)32-30(33(29(25)36)18-22-9-7-6-8-10-22)37-21(4)27(34)23-12-11-19(2)20(3)16-23/h6-14,16-17,21H,5,15,18H2,1-4H3,(H,31,35). The largest absolute Gasteiger partial charge is 0.352 e. The number of hydrogen-bond donors (Lipinski definition) is 1. The molecular formula is C30H31N3O3S. The van der Waals surface area contributed by atoms with Crippen LogP contribution in [0.5, 0.6) is 0 Å². The van der Waals surface area contributed by atoms with Crippen LogP contribution in [0.3, 0.4) is 0 Å². The Morgan fingerprint density at radius 3 is 2.41 bits per heavy atom. The van der Waals surface area contributed by atoms with Gasteiger partial charge in [0.25, 0.3) is 11.5 Å². The number of thioether (sulfide) groups is 1. The Balaban J connectivity index is 1.75. The van der Waals surface area contributed by atoms with Crippen LogP contribution in [0.25, 0.3) is 10.9 Å². The Morgan fingerprint density at radius 2 is 1.70 bits per heavy atom. The van der Waals surface area contributed by atoms with Crippen LogP contribution < -0.4 is 10.9 Å². The Labute approximate surface area is 221 Å². The fourth-order valence-electron chi connectivity index (χ4n) is 4.02. The topological polar surface area (TPSA) is 81.1 Å². The molecule has 0 radical (unpaired) electrons. The van der Waals surface area contributed by atoms with Crippen LogP contribution in [0.2, 0.25) is 0 Å². The van der Waals surface area contributed by atoms with Gasteiger partial charge in [-0.25, -0.2) is 4.98 Å². The molecule has 7 heteroatoms. The van der Waals surface area contributed by atoms with Gasteiger partial charge >= 0.3 is 0 Å². The highest BCUT2D eigenvalue weighted by molar-refractivity contribution is 8.00. The van der Waals surface area contributed by atoms with E-state index in [1.54, 1.807) is 22.8 Å². The summed E-state index contributed by atoms with van der Waals surface area (Å²) in [7, 11) is 0. The lowest BCUT2D eigenvalue weighted by Crippen LogP contribution is -2.26. The number of carbonyl (C=O) groups excluding carboxylic acids is 2. The van der Waals surface area contributed by atoms with Gasteiger partial charge in [0.2, 0.25) is 0 Å². The van der Waals surface area contributed by atoms with Crippen molar-refractivity contribution in [3.8, 4) is 0 Å². The number of aromatic nitrogens is 2. The molecule has 1 N–H and O–H groups in total. The Hall–Kier alpha value is -3.71. The quantitative estimate of drug-likeness (QED) is 0.180. The number of carbonyl (C=O) groups is 2. The normalized spacial score (nSPS) is 11.9. The van der Waals surface area contributed by atoms with Crippen molar-refractivity contribution in [1.82, 2.24) is 14.9 Å². The van der Waals surface area contributed by atoms with Crippen molar-refractivity contribution in [3.05, 3.63) is 105 Å². The van der Waals surface area contributed by atoms with Gasteiger partial charge in [0.15, 0.2) is 10.9 Å². The summed E-state index contributed by atoms with van der Waals surface area (Å²) in [6.07, 6.45) is 0.828. The third-order valence-corrected chi connectivity index (χ3v) is 7.43. The van der Waals surface area contributed by atoms with Gasteiger partial charge in [0.05, 0.1) is 22.7 Å². The first-order chi connectivity index (χ1) is 17.8. The molecular weight excluding hydrogens is 482 g/mol. The van der Waals surface area contributed by atoms with Gasteiger partial charge in [-0.15, -0.1) is 0 Å². The van der Waals surface area contributed by atoms with Crippen molar-refractivity contribution in [1.29, 1.82) is 0 Å². The highest BCUT2D eigenvalue weighted by Crippen LogP contribution is 2.26. The van der Waals surface area contributed by atoms with Crippen LogP contribution in [0.4, 0.5) is 0 Å². The predicted molar refractivity (Wildman–Crippen MR) is 150 cm³/mol. The molecule has 0 bridgehead atoms. The van der Waals surface area contributed by atoms with Crippen LogP contribution in [0.15, 0.2) is 76.7 Å². The first-order valence-corrected chi connectivity index (χ1v) is 13.3. The molecule has 1 atom stereocenters. The Kier molecular flexibility index (Phi) is 8.24. The molecule has 1 unspecified atom stereocenters. The zero-order valence-corrected chi connectivity index (χ0v) is 22.4. The van der Waals surface area contributed by atoms with E-state index in [0.29, 0.717) is 40.3 Å². The minimum atomic E-state index is -0.468. The molecule has 0 aliphatic rings. The average molecular weight is 514 g/mol. The molecule has 6 nitrogen and oxygen atoms in total. The van der Waals surface area contributed by atoms with Crippen molar-refractivity contribution >= 4 is 34.4 Å². The smallest absolute Gasteiger partial charge is 0.262 e. The van der Waals surface area contributed by atoms with Crippen LogP contribution in [0.1, 0.15) is 57.7 Å². The molecule has 190 valence electrons. The monoisotopic (exact) mass is 513 g/mol. The zero-order chi connectivity index (χ0) is 26.5. The minimum absolute atomic E-state index is 0.0265. The second kappa shape index (κ2) is 11.6. The number of aryl methyl sites for hydroxylation is 2. The maximum absolute atomic E-state index is 13.6. The molecule has 3 aromatic carbocycles. The second-order valence-electron chi connectivity index (χ2n) is 9.18. The van der Waals surface area contributed by atoms with E-state index >= 15 is 0 Å². The van der Waals surface area contributed by atoms with Gasteiger partial charge in [0.1, 0.15) is 0 Å². The number of Topliss-reactive ketones (excluding diaryl/α,β-unsaturated/α-hetero) is 1. The van der Waals surface area contributed by atoms with Gasteiger partial charge in [-0.3, -0.25) is 19.0 Å². The molecule has 0 spiro atoms. The molecule has 0 fully saturated rings. The van der Waals surface area contributed by atoms with Gasteiger partial charge in [-0.05, 0) is 68.1 Å². The Morgan fingerprint density at radius 1 is 0.973 bits per heavy atom. The fourth-order valence-corrected chi connectivity index (χ4v) is 5.00. The van der Waals surface area contributed by atoms with E-state index in [1.165, 1.54) is 11.8 Å². The summed E-state index contributed by atoms with van der Waals surface area (Å²) in [4.78, 5) is 44.2. The lowest BCUT2D eigenvalue weighted by atomic mass is 10.0. The molecule has 4 aromatic rings. The van der Waals surface area contributed by atoms with Crippen LogP contribution >= 0.6 is 11.8 Å². The van der Waals surface area contributed by atoms with Crippen LogP contribution in [0, 0.1) is 13.8 Å². The maximum atomic E-state index is 13.6. The fraction of sp³-hybridized carbons (Fsp3) is 0.267. The number of fused-ring (bicyclic) bond motifs is 1. The first-order valence-electron chi connectivity index (χ1n) is 12.4. The van der Waals surface area contributed by atoms with Crippen molar-refractivity contribution in [3.63, 3.8) is 0 Å². The molecule has 4 rings (SSSR count). The van der Waals surface area contributed by atoms with E-state index in [9.17, 15) is 14.4 Å². The summed E-state index contributed by atoms with van der Waals surface area (Å²) in [5.74, 6) is -0.229. The van der Waals surface area contributed by atoms with Crippen molar-refractivity contribution in [2.45, 2.75) is 51.1 Å². The number of hydrogen-bond acceptors (Lipinski definition) is 5. The van der Waals surface area contributed by atoms with Gasteiger partial charge in [-0.2, -0.15) is 0 Å². The molecule has 1 aromatic heterocycles. The number of nitrogens with one attached hydrogen (secondary N) is 1. The molecule has 0 saturated heterocycles. The highest BCUT2D eigenvalue weighted by atomic mass is 32.2. The maximum Gasteiger partial charge on any atom is 0.262 e. The van der Waals surface area contributed by atoms with Gasteiger partial charge in [0, 0.05) is 17.7 Å². The molecule has 1 heterocycles. The first kappa shape index (κ1) is 26.4. The average Bonchev–Trinajstić information content (AvgIpc) is 2.90. The zero-order valence-electron chi connectivity index (χ0n) is 21.6. The number of ketones is 1. The van der Waals surface area contributed by atoms with E-state index in [1.807, 2.05) is 76.2 Å². The van der Waals surface area contributed by atoms with Crippen LogP contribution in [-0.2, 0) is 6.54 Å². The van der Waals surface area contributed by atoms with Crippen molar-refractivity contribution in [2.75, 3.05) is 6.54 Å². The van der Waals surface area contributed by atoms with E-state index < -0.39 is 5.25 Å². The second-order valence-corrected chi connectivity index (χ2v) is 10.5. The summed E-state index contributed by atoms with van der Waals surface area (Å²) in [5.41, 5.74) is 4.45. The number of benzene rings is 3. The van der Waals surface area contributed by atoms with E-state index in [2.05, 4.69) is 5.32 Å². The lowest BCUT2D eigenvalue weighted by Gasteiger charge is -2.17. The third kappa shape index (κ3) is 6.00. The third-order valence-electron chi connectivity index (χ3n) is 6.34. The van der Waals surface area contributed by atoms with Gasteiger partial charge in [-0.1, -0.05) is 61.2 Å². The Bertz CT molecular complexity index is 1510. The highest BCUT2D eigenvalue weighted by Gasteiger charge is 2.22. The number of nitrogens with zero attached hydrogens (tertiary/aromatic N) is 2. The minimum Gasteiger partial charge on any atom is -0.352 e. The number of rotatable bonds is 9. The summed E-state index contributed by atoms with van der Waals surface area (Å²) >= 11 is 1.26. The lowest BCUT2D eigenvalue weighted by molar-refractivity contribution is 0.0952. The molecule has 1 amide bonds. The summed E-state index contributed by atoms with van der Waals surface area (Å²) in [6, 6.07) is 20.3. The molecule has 37 heavy (non-hydrogen) atoms. The van der Waals surface area contributed by atoms with Gasteiger partial charge < -0.3 is 5.32 Å². The van der Waals surface area contributed by atoms with E-state index in [0.717, 1.165) is 23.1 Å². The summed E-state index contributed by atoms with van der Waals surface area (Å²) in [6.45, 7) is 8.72. The summed E-state index contributed by atoms with van der Waals surface area (Å²) < 4.78 is 1.61. The van der Waals surface area contributed by atoms with E-state index in [-0.39, 0.29) is 17.2 Å². The van der Waals surface area contributed by atoms with E-state index in [4.69, 9.17) is 4.98 Å². The number of amides is 1. The van der Waals surface area contributed by atoms with Crippen molar-refractivity contribution < 1.29 is 9.59 Å². The van der Waals surface area contributed by atoms with Crippen molar-refractivity contribution in [2.24, 2.45) is 0 Å². The molecule has 0 aliphatic heterocycles. The molecule has 0 aliphatic carbocycles. The predicted octanol–water partition coefficient (Wildman–Crippen LogP) is 5.56. The SMILES string of the molecule is CCCNC(=O)c1ccc2c(=O)n(Cc3ccccc3)c(SC(C)C(=O)c3ccc(C)c(C)c3)nc2c1. The molecule has 0 saturated carbocycles. The van der Waals surface area contributed by atoms with Crippen LogP contribution in [-0.4, -0.2) is 33.0 Å².